The zero-order valence-electron chi connectivity index (χ0n) is 10.3. The first-order chi connectivity index (χ1) is 7.58. The number of rotatable bonds is 3. The maximum absolute atomic E-state index is 4.28. The van der Waals surface area contributed by atoms with Gasteiger partial charge in [0.1, 0.15) is 0 Å². The molecule has 1 aromatic rings. The third-order valence-corrected chi connectivity index (χ3v) is 4.24. The number of nitrogens with one attached hydrogen (secondary N) is 2. The fraction of sp³-hybridized carbons (Fsp3) is 0.750. The summed E-state index contributed by atoms with van der Waals surface area (Å²) in [5.41, 5.74) is 0.345. The smallest absolute Gasteiger partial charge is 0.0897 e. The topological polar surface area (TPSA) is 37.0 Å². The summed E-state index contributed by atoms with van der Waals surface area (Å²) in [6.45, 7) is 9.90. The number of hydrogen-bond acceptors (Lipinski definition) is 4. The highest BCUT2D eigenvalue weighted by Crippen LogP contribution is 2.25. The van der Waals surface area contributed by atoms with Crippen LogP contribution in [-0.2, 0) is 6.54 Å². The summed E-state index contributed by atoms with van der Waals surface area (Å²) >= 11 is 1.79. The predicted molar refractivity (Wildman–Crippen MR) is 68.7 cm³/mol. The predicted octanol–water partition coefficient (Wildman–Crippen LogP) is 1.93. The monoisotopic (exact) mass is 239 g/mol. The standard InChI is InChI=1S/C12H21N3S/c1-9-14-6-10(16-9)7-15-11-4-5-13-8-12(11,2)3/h6,11,13,15H,4-5,7-8H2,1-3H3. The molecular weight excluding hydrogens is 218 g/mol. The average molecular weight is 239 g/mol. The molecule has 90 valence electrons. The van der Waals surface area contributed by atoms with Crippen LogP contribution >= 0.6 is 11.3 Å². The Kier molecular flexibility index (Phi) is 3.62. The van der Waals surface area contributed by atoms with Crippen molar-refractivity contribution in [3.8, 4) is 0 Å². The first kappa shape index (κ1) is 12.0. The van der Waals surface area contributed by atoms with Crippen molar-refractivity contribution in [1.29, 1.82) is 0 Å². The molecule has 1 aliphatic rings. The highest BCUT2D eigenvalue weighted by Gasteiger charge is 2.31. The van der Waals surface area contributed by atoms with Gasteiger partial charge in [0.2, 0.25) is 0 Å². The molecule has 1 aliphatic heterocycles. The van der Waals surface area contributed by atoms with Gasteiger partial charge < -0.3 is 10.6 Å². The van der Waals surface area contributed by atoms with Crippen LogP contribution in [0.1, 0.15) is 30.2 Å². The molecule has 1 atom stereocenters. The zero-order valence-corrected chi connectivity index (χ0v) is 11.2. The molecule has 1 aromatic heterocycles. The third kappa shape index (κ3) is 2.81. The molecule has 0 amide bonds. The van der Waals surface area contributed by atoms with E-state index in [1.807, 2.05) is 6.20 Å². The van der Waals surface area contributed by atoms with Crippen LogP contribution in [0.4, 0.5) is 0 Å². The van der Waals surface area contributed by atoms with Crippen LogP contribution in [0.5, 0.6) is 0 Å². The maximum Gasteiger partial charge on any atom is 0.0897 e. The van der Waals surface area contributed by atoms with Crippen LogP contribution in [0.15, 0.2) is 6.20 Å². The van der Waals surface area contributed by atoms with Crippen molar-refractivity contribution in [3.05, 3.63) is 16.1 Å². The highest BCUT2D eigenvalue weighted by molar-refractivity contribution is 7.11. The Balaban J connectivity index is 1.89. The number of aryl methyl sites for hydroxylation is 1. The van der Waals surface area contributed by atoms with Gasteiger partial charge in [0, 0.05) is 30.2 Å². The van der Waals surface area contributed by atoms with Crippen molar-refractivity contribution < 1.29 is 0 Å². The zero-order chi connectivity index (χ0) is 11.6. The Hall–Kier alpha value is -0.450. The second kappa shape index (κ2) is 4.82. The number of hydrogen-bond donors (Lipinski definition) is 2. The Morgan fingerprint density at radius 1 is 1.62 bits per heavy atom. The lowest BCUT2D eigenvalue weighted by Crippen LogP contribution is -2.52. The third-order valence-electron chi connectivity index (χ3n) is 3.33. The van der Waals surface area contributed by atoms with E-state index in [0.29, 0.717) is 11.5 Å². The van der Waals surface area contributed by atoms with Gasteiger partial charge in [-0.2, -0.15) is 0 Å². The number of nitrogens with zero attached hydrogens (tertiary/aromatic N) is 1. The molecule has 1 unspecified atom stereocenters. The highest BCUT2D eigenvalue weighted by atomic mass is 32.1. The van der Waals surface area contributed by atoms with Crippen molar-refractivity contribution in [1.82, 2.24) is 15.6 Å². The molecule has 0 aromatic carbocycles. The molecule has 0 aliphatic carbocycles. The van der Waals surface area contributed by atoms with Crippen molar-refractivity contribution in [2.45, 2.75) is 39.8 Å². The molecule has 2 rings (SSSR count). The van der Waals surface area contributed by atoms with Crippen LogP contribution in [0.25, 0.3) is 0 Å². The van der Waals surface area contributed by atoms with Gasteiger partial charge >= 0.3 is 0 Å². The van der Waals surface area contributed by atoms with Gasteiger partial charge in [-0.05, 0) is 25.3 Å². The lowest BCUT2D eigenvalue weighted by molar-refractivity contribution is 0.184. The van der Waals surface area contributed by atoms with Crippen molar-refractivity contribution in [2.24, 2.45) is 5.41 Å². The van der Waals surface area contributed by atoms with Crippen LogP contribution < -0.4 is 10.6 Å². The minimum absolute atomic E-state index is 0.345. The molecule has 1 fully saturated rings. The number of aromatic nitrogens is 1. The summed E-state index contributed by atoms with van der Waals surface area (Å²) in [5, 5.41) is 8.28. The van der Waals surface area contributed by atoms with E-state index in [4.69, 9.17) is 0 Å². The molecule has 0 bridgehead atoms. The normalized spacial score (nSPS) is 24.6. The Bertz CT molecular complexity index is 346. The van der Waals surface area contributed by atoms with E-state index in [1.54, 1.807) is 11.3 Å². The van der Waals surface area contributed by atoms with Gasteiger partial charge in [-0.3, -0.25) is 0 Å². The lowest BCUT2D eigenvalue weighted by atomic mass is 9.80. The van der Waals surface area contributed by atoms with E-state index in [-0.39, 0.29) is 0 Å². The van der Waals surface area contributed by atoms with Crippen LogP contribution in [0, 0.1) is 12.3 Å². The number of thiazole rings is 1. The summed E-state index contributed by atoms with van der Waals surface area (Å²) in [5.74, 6) is 0. The van der Waals surface area contributed by atoms with E-state index in [9.17, 15) is 0 Å². The first-order valence-electron chi connectivity index (χ1n) is 5.93. The van der Waals surface area contributed by atoms with E-state index in [0.717, 1.165) is 24.6 Å². The average Bonchev–Trinajstić information content (AvgIpc) is 2.62. The molecule has 2 N–H and O–H groups in total. The minimum Gasteiger partial charge on any atom is -0.316 e. The van der Waals surface area contributed by atoms with Crippen LogP contribution in [0.3, 0.4) is 0 Å². The molecule has 2 heterocycles. The minimum atomic E-state index is 0.345. The Morgan fingerprint density at radius 3 is 3.06 bits per heavy atom. The largest absolute Gasteiger partial charge is 0.316 e. The second-order valence-corrected chi connectivity index (χ2v) is 6.55. The summed E-state index contributed by atoms with van der Waals surface area (Å²) in [6, 6.07) is 0.608. The molecule has 4 heteroatoms. The Morgan fingerprint density at radius 2 is 2.44 bits per heavy atom. The lowest BCUT2D eigenvalue weighted by Gasteiger charge is -2.39. The van der Waals surface area contributed by atoms with E-state index in [2.05, 4.69) is 36.4 Å². The summed E-state index contributed by atoms with van der Waals surface area (Å²) < 4.78 is 0. The molecule has 1 saturated heterocycles. The van der Waals surface area contributed by atoms with Gasteiger partial charge in [-0.25, -0.2) is 4.98 Å². The summed E-state index contributed by atoms with van der Waals surface area (Å²) in [6.07, 6.45) is 3.20. The van der Waals surface area contributed by atoms with Crippen LogP contribution in [-0.4, -0.2) is 24.1 Å². The molecule has 0 saturated carbocycles. The summed E-state index contributed by atoms with van der Waals surface area (Å²) in [4.78, 5) is 5.62. The van der Waals surface area contributed by atoms with E-state index >= 15 is 0 Å². The second-order valence-electron chi connectivity index (χ2n) is 5.23. The molecular formula is C12H21N3S. The maximum atomic E-state index is 4.28. The van der Waals surface area contributed by atoms with Crippen molar-refractivity contribution >= 4 is 11.3 Å². The molecule has 0 radical (unpaired) electrons. The van der Waals surface area contributed by atoms with Gasteiger partial charge in [0.15, 0.2) is 0 Å². The molecule has 3 nitrogen and oxygen atoms in total. The first-order valence-corrected chi connectivity index (χ1v) is 6.75. The fourth-order valence-corrected chi connectivity index (χ4v) is 3.01. The molecule has 16 heavy (non-hydrogen) atoms. The van der Waals surface area contributed by atoms with Crippen molar-refractivity contribution in [2.75, 3.05) is 13.1 Å². The quantitative estimate of drug-likeness (QED) is 0.846. The van der Waals surface area contributed by atoms with Crippen LogP contribution in [0.2, 0.25) is 0 Å². The fourth-order valence-electron chi connectivity index (χ4n) is 2.26. The molecule has 0 spiro atoms. The van der Waals surface area contributed by atoms with Crippen molar-refractivity contribution in [3.63, 3.8) is 0 Å². The van der Waals surface area contributed by atoms with E-state index < -0.39 is 0 Å². The van der Waals surface area contributed by atoms with E-state index in [1.165, 1.54) is 11.3 Å². The van der Waals surface area contributed by atoms with Gasteiger partial charge in [0.05, 0.1) is 5.01 Å². The van der Waals surface area contributed by atoms with Gasteiger partial charge in [-0.1, -0.05) is 13.8 Å². The Labute approximate surface area is 102 Å². The number of piperidine rings is 1. The van der Waals surface area contributed by atoms with Gasteiger partial charge in [-0.15, -0.1) is 11.3 Å². The van der Waals surface area contributed by atoms with Gasteiger partial charge in [0.25, 0.3) is 0 Å². The summed E-state index contributed by atoms with van der Waals surface area (Å²) in [7, 11) is 0. The SMILES string of the molecule is Cc1ncc(CNC2CCNCC2(C)C)s1.